The van der Waals surface area contributed by atoms with Gasteiger partial charge in [-0.1, -0.05) is 36.4 Å². The first-order valence-electron chi connectivity index (χ1n) is 14.2. The first kappa shape index (κ1) is 27.8. The Labute approximate surface area is 249 Å². The topological polar surface area (TPSA) is 96.3 Å². The van der Waals surface area contributed by atoms with E-state index in [0.717, 1.165) is 42.4 Å². The molecule has 2 aliphatic rings. The van der Waals surface area contributed by atoms with Crippen molar-refractivity contribution >= 4 is 35.0 Å². The minimum atomic E-state index is -0.261. The Hall–Kier alpha value is -4.37. The zero-order valence-corrected chi connectivity index (χ0v) is 24.1. The van der Waals surface area contributed by atoms with E-state index in [9.17, 15) is 14.4 Å². The molecule has 0 unspecified atom stereocenters. The number of fused-ring (bicyclic) bond motifs is 4. The van der Waals surface area contributed by atoms with Gasteiger partial charge in [0.2, 0.25) is 0 Å². The Balaban J connectivity index is 1.19. The first-order valence-corrected chi connectivity index (χ1v) is 15.4. The highest BCUT2D eigenvalue weighted by Crippen LogP contribution is 2.39. The van der Waals surface area contributed by atoms with Gasteiger partial charge in [-0.25, -0.2) is 0 Å². The fourth-order valence-corrected chi connectivity index (χ4v) is 6.77. The number of pyridine rings is 2. The second-order valence-electron chi connectivity index (χ2n) is 10.8. The van der Waals surface area contributed by atoms with Crippen LogP contribution in [0.5, 0.6) is 0 Å². The maximum atomic E-state index is 13.2. The second-order valence-corrected chi connectivity index (χ2v) is 11.9. The Morgan fingerprint density at radius 2 is 1.71 bits per heavy atom. The summed E-state index contributed by atoms with van der Waals surface area (Å²) < 4.78 is 1.91. The first-order chi connectivity index (χ1) is 20.5. The summed E-state index contributed by atoms with van der Waals surface area (Å²) in [6.45, 7) is 2.72. The molecule has 2 amide bonds. The van der Waals surface area contributed by atoms with Crippen molar-refractivity contribution in [3.63, 3.8) is 0 Å². The average Bonchev–Trinajstić information content (AvgIpc) is 3.02. The number of hydrogen-bond donors (Lipinski definition) is 2. The number of piperidine rings is 1. The molecule has 6 rings (SSSR count). The van der Waals surface area contributed by atoms with Crippen molar-refractivity contribution in [3.8, 4) is 0 Å². The van der Waals surface area contributed by atoms with Crippen molar-refractivity contribution in [2.45, 2.75) is 24.6 Å². The summed E-state index contributed by atoms with van der Waals surface area (Å²) >= 11 is 1.77. The lowest BCUT2D eigenvalue weighted by Gasteiger charge is -2.44. The third-order valence-corrected chi connectivity index (χ3v) is 8.94. The normalized spacial score (nSPS) is 17.3. The molecular formula is C33H33N5O3S. The van der Waals surface area contributed by atoms with Crippen LogP contribution in [0.15, 0.2) is 96.1 Å². The summed E-state index contributed by atoms with van der Waals surface area (Å²) in [7, 11) is 0. The van der Waals surface area contributed by atoms with E-state index in [2.05, 4.69) is 32.7 Å². The minimum absolute atomic E-state index is 0.0507. The molecule has 1 saturated heterocycles. The molecule has 0 saturated carbocycles. The third kappa shape index (κ3) is 6.26. The number of nitrogens with zero attached hydrogens (tertiary/aromatic N) is 3. The molecule has 9 heteroatoms. The number of hydrogen-bond acceptors (Lipinski definition) is 6. The summed E-state index contributed by atoms with van der Waals surface area (Å²) in [5.74, 6) is 1.79. The van der Waals surface area contributed by atoms with Gasteiger partial charge in [0.05, 0.1) is 11.4 Å². The van der Waals surface area contributed by atoms with E-state index in [1.165, 1.54) is 5.56 Å². The standard InChI is InChI=1S/C33H33N5O3S/c39-31-8-4-7-29-27-17-24(20-38(29)31)19-37(21-27)30-10-9-26(18-28(30)36-33(41)25-11-13-34-14-12-25)32(40)35-15-16-42-22-23-5-2-1-3-6-23/h1-14,18,24,27H,15-17,19-22H2,(H,35,40)(H,36,41)/t24-,27+/m1/s1. The van der Waals surface area contributed by atoms with Crippen LogP contribution in [-0.2, 0) is 12.3 Å². The van der Waals surface area contributed by atoms with E-state index >= 15 is 0 Å². The lowest BCUT2D eigenvalue weighted by molar-refractivity contribution is 0.0954. The zero-order chi connectivity index (χ0) is 28.9. The van der Waals surface area contributed by atoms with Crippen LogP contribution in [0.2, 0.25) is 0 Å². The molecule has 1 fully saturated rings. The summed E-state index contributed by atoms with van der Waals surface area (Å²) in [6, 6.07) is 24.6. The van der Waals surface area contributed by atoms with Crippen LogP contribution in [-0.4, -0.2) is 46.8 Å². The highest BCUT2D eigenvalue weighted by Gasteiger charge is 2.35. The molecular weight excluding hydrogens is 546 g/mol. The summed E-state index contributed by atoms with van der Waals surface area (Å²) in [4.78, 5) is 45.1. The molecule has 2 aromatic heterocycles. The molecule has 4 heterocycles. The van der Waals surface area contributed by atoms with Crippen molar-refractivity contribution in [2.24, 2.45) is 5.92 Å². The number of nitrogens with one attached hydrogen (secondary N) is 2. The van der Waals surface area contributed by atoms with E-state index < -0.39 is 0 Å². The van der Waals surface area contributed by atoms with E-state index in [0.29, 0.717) is 35.8 Å². The largest absolute Gasteiger partial charge is 0.369 e. The van der Waals surface area contributed by atoms with Crippen LogP contribution in [0.1, 0.15) is 44.3 Å². The number of rotatable bonds is 9. The summed E-state index contributed by atoms with van der Waals surface area (Å²) in [6.07, 6.45) is 4.20. The number of benzene rings is 2. The van der Waals surface area contributed by atoms with Gasteiger partial charge in [-0.3, -0.25) is 19.4 Å². The molecule has 4 aromatic rings. The number of thioether (sulfide) groups is 1. The number of carbonyl (C=O) groups is 2. The zero-order valence-electron chi connectivity index (χ0n) is 23.2. The number of carbonyl (C=O) groups excluding carboxylic acids is 2. The van der Waals surface area contributed by atoms with Crippen LogP contribution in [0.3, 0.4) is 0 Å². The molecule has 0 aliphatic carbocycles. The predicted molar refractivity (Wildman–Crippen MR) is 167 cm³/mol. The SMILES string of the molecule is O=C(NCCSCc1ccccc1)c1ccc(N2C[C@H]3C[C@@H](C2)c2cccc(=O)n2C3)c(NC(=O)c2ccncc2)c1. The fraction of sp³-hybridized carbons (Fsp3) is 0.273. The molecule has 2 aliphatic heterocycles. The number of amides is 2. The van der Waals surface area contributed by atoms with Crippen LogP contribution in [0.4, 0.5) is 11.4 Å². The van der Waals surface area contributed by atoms with Gasteiger partial charge in [0.1, 0.15) is 0 Å². The van der Waals surface area contributed by atoms with Crippen LogP contribution in [0.25, 0.3) is 0 Å². The van der Waals surface area contributed by atoms with Crippen molar-refractivity contribution in [2.75, 3.05) is 35.6 Å². The highest BCUT2D eigenvalue weighted by molar-refractivity contribution is 7.98. The van der Waals surface area contributed by atoms with Gasteiger partial charge in [-0.15, -0.1) is 0 Å². The summed E-state index contributed by atoms with van der Waals surface area (Å²) in [5, 5.41) is 6.08. The summed E-state index contributed by atoms with van der Waals surface area (Å²) in [5.41, 5.74) is 4.82. The van der Waals surface area contributed by atoms with E-state index in [1.54, 1.807) is 48.4 Å². The third-order valence-electron chi connectivity index (χ3n) is 7.91. The smallest absolute Gasteiger partial charge is 0.255 e. The highest BCUT2D eigenvalue weighted by atomic mass is 32.2. The molecule has 0 spiro atoms. The van der Waals surface area contributed by atoms with Gasteiger partial charge in [0, 0.05) is 78.9 Å². The van der Waals surface area contributed by atoms with Gasteiger partial charge in [0.25, 0.3) is 17.4 Å². The van der Waals surface area contributed by atoms with Gasteiger partial charge in [-0.2, -0.15) is 11.8 Å². The van der Waals surface area contributed by atoms with Crippen molar-refractivity contribution < 1.29 is 9.59 Å². The second kappa shape index (κ2) is 12.7. The maximum absolute atomic E-state index is 13.2. The van der Waals surface area contributed by atoms with E-state index in [4.69, 9.17) is 0 Å². The van der Waals surface area contributed by atoms with Crippen molar-refractivity contribution in [3.05, 3.63) is 124 Å². The van der Waals surface area contributed by atoms with Crippen molar-refractivity contribution in [1.29, 1.82) is 0 Å². The molecule has 8 nitrogen and oxygen atoms in total. The molecule has 214 valence electrons. The number of aromatic nitrogens is 2. The molecule has 42 heavy (non-hydrogen) atoms. The molecule has 2 atom stereocenters. The van der Waals surface area contributed by atoms with Gasteiger partial charge in [0.15, 0.2) is 0 Å². The Kier molecular flexibility index (Phi) is 8.37. The lowest BCUT2D eigenvalue weighted by atomic mass is 9.83. The average molecular weight is 580 g/mol. The Morgan fingerprint density at radius 3 is 2.55 bits per heavy atom. The molecule has 0 radical (unpaired) electrons. The lowest BCUT2D eigenvalue weighted by Crippen LogP contribution is -2.47. The van der Waals surface area contributed by atoms with Crippen LogP contribution in [0, 0.1) is 5.92 Å². The maximum Gasteiger partial charge on any atom is 0.255 e. The van der Waals surface area contributed by atoms with Gasteiger partial charge >= 0.3 is 0 Å². The molecule has 2 aromatic carbocycles. The fourth-order valence-electron chi connectivity index (χ4n) is 5.95. The Bertz CT molecular complexity index is 1630. The predicted octanol–water partition coefficient (Wildman–Crippen LogP) is 4.78. The van der Waals surface area contributed by atoms with Gasteiger partial charge in [-0.05, 0) is 54.3 Å². The number of anilines is 2. The van der Waals surface area contributed by atoms with Crippen LogP contribution >= 0.6 is 11.8 Å². The van der Waals surface area contributed by atoms with Gasteiger partial charge < -0.3 is 20.1 Å². The van der Waals surface area contributed by atoms with E-state index in [1.807, 2.05) is 47.0 Å². The molecule has 2 N–H and O–H groups in total. The Morgan fingerprint density at radius 1 is 0.881 bits per heavy atom. The molecule has 2 bridgehead atoms. The van der Waals surface area contributed by atoms with Crippen molar-refractivity contribution in [1.82, 2.24) is 14.9 Å². The quantitative estimate of drug-likeness (QED) is 0.277. The minimum Gasteiger partial charge on any atom is -0.369 e. The monoisotopic (exact) mass is 579 g/mol. The van der Waals surface area contributed by atoms with E-state index in [-0.39, 0.29) is 23.3 Å². The van der Waals surface area contributed by atoms with Crippen LogP contribution < -0.4 is 21.1 Å².